The quantitative estimate of drug-likeness (QED) is 0.226. The first-order valence-corrected chi connectivity index (χ1v) is 10.1. The van der Waals surface area contributed by atoms with Crippen molar-refractivity contribution in [3.8, 4) is 0 Å². The van der Waals surface area contributed by atoms with Gasteiger partial charge >= 0.3 is 11.9 Å². The lowest BCUT2D eigenvalue weighted by molar-refractivity contribution is -0.147. The van der Waals surface area contributed by atoms with Gasteiger partial charge in [-0.1, -0.05) is 44.2 Å². The van der Waals surface area contributed by atoms with Crippen LogP contribution in [0.5, 0.6) is 0 Å². The standard InChI is InChI=1S/C21H30N4O7/c1-12(2)8-14(19(29)25-16(21(31)32)10-18(27)28)24-20(30)15(23-17(26)11-22)9-13-6-4-3-5-7-13/h3-7,12,14-16H,8-11,22H2,1-2H3,(H,23,26)(H,24,30)(H,25,29)(H,27,28)(H,31,32)/t14-,15-,16-/m0/s1. The zero-order valence-electron chi connectivity index (χ0n) is 18.0. The van der Waals surface area contributed by atoms with Gasteiger partial charge in [0, 0.05) is 6.42 Å². The van der Waals surface area contributed by atoms with Crippen LogP contribution < -0.4 is 21.7 Å². The van der Waals surface area contributed by atoms with Gasteiger partial charge in [0.1, 0.15) is 18.1 Å². The van der Waals surface area contributed by atoms with Crippen LogP contribution in [0.1, 0.15) is 32.3 Å². The number of carboxylic acids is 2. The van der Waals surface area contributed by atoms with Gasteiger partial charge in [0.05, 0.1) is 13.0 Å². The van der Waals surface area contributed by atoms with E-state index < -0.39 is 54.2 Å². The molecule has 0 saturated heterocycles. The van der Waals surface area contributed by atoms with Gasteiger partial charge in [0.2, 0.25) is 17.7 Å². The van der Waals surface area contributed by atoms with Crippen molar-refractivity contribution in [2.75, 3.05) is 6.54 Å². The molecular formula is C21H30N4O7. The topological polar surface area (TPSA) is 188 Å². The van der Waals surface area contributed by atoms with Crippen LogP contribution in [0, 0.1) is 5.92 Å². The van der Waals surface area contributed by atoms with Crippen LogP contribution in [0.15, 0.2) is 30.3 Å². The molecule has 0 aliphatic rings. The molecule has 1 aromatic rings. The molecule has 32 heavy (non-hydrogen) atoms. The Balaban J connectivity index is 3.02. The van der Waals surface area contributed by atoms with E-state index in [1.807, 2.05) is 0 Å². The Bertz CT molecular complexity index is 814. The molecule has 0 radical (unpaired) electrons. The number of nitrogens with two attached hydrogens (primary N) is 1. The second-order valence-electron chi connectivity index (χ2n) is 7.70. The number of carboxylic acid groups (broad SMARTS) is 2. The first kappa shape index (κ1) is 26.6. The Kier molecular flexibility index (Phi) is 10.8. The van der Waals surface area contributed by atoms with Crippen LogP contribution in [0.25, 0.3) is 0 Å². The van der Waals surface area contributed by atoms with Gasteiger partial charge < -0.3 is 31.9 Å². The minimum Gasteiger partial charge on any atom is -0.481 e. The third kappa shape index (κ3) is 9.56. The third-order valence-corrected chi connectivity index (χ3v) is 4.45. The maximum absolute atomic E-state index is 12.9. The number of nitrogens with one attached hydrogen (secondary N) is 3. The van der Waals surface area contributed by atoms with Crippen LogP contribution in [0.3, 0.4) is 0 Å². The molecule has 176 valence electrons. The fourth-order valence-electron chi connectivity index (χ4n) is 2.93. The molecule has 11 nitrogen and oxygen atoms in total. The zero-order valence-corrected chi connectivity index (χ0v) is 18.0. The van der Waals surface area contributed by atoms with Crippen LogP contribution >= 0.6 is 0 Å². The molecule has 0 spiro atoms. The van der Waals surface area contributed by atoms with Gasteiger partial charge in [-0.25, -0.2) is 4.79 Å². The molecule has 0 aliphatic heterocycles. The Labute approximate surface area is 185 Å². The molecule has 0 aliphatic carbocycles. The van der Waals surface area contributed by atoms with E-state index in [0.29, 0.717) is 0 Å². The summed E-state index contributed by atoms with van der Waals surface area (Å²) in [6, 6.07) is 5.10. The first-order valence-electron chi connectivity index (χ1n) is 10.1. The fourth-order valence-corrected chi connectivity index (χ4v) is 2.93. The van der Waals surface area contributed by atoms with Crippen LogP contribution in [0.2, 0.25) is 0 Å². The van der Waals surface area contributed by atoms with Crippen LogP contribution in [-0.2, 0) is 30.4 Å². The number of hydrogen-bond donors (Lipinski definition) is 6. The highest BCUT2D eigenvalue weighted by atomic mass is 16.4. The predicted octanol–water partition coefficient (Wildman–Crippen LogP) is -0.752. The van der Waals surface area contributed by atoms with Crippen molar-refractivity contribution in [3.63, 3.8) is 0 Å². The monoisotopic (exact) mass is 450 g/mol. The average Bonchev–Trinajstić information content (AvgIpc) is 2.72. The SMILES string of the molecule is CC(C)C[C@H](NC(=O)[C@H](Cc1ccccc1)NC(=O)CN)C(=O)N[C@@H](CC(=O)O)C(=O)O. The Morgan fingerprint density at radius 2 is 1.44 bits per heavy atom. The number of benzene rings is 1. The smallest absolute Gasteiger partial charge is 0.326 e. The Morgan fingerprint density at radius 3 is 1.94 bits per heavy atom. The molecule has 3 atom stereocenters. The van der Waals surface area contributed by atoms with Crippen molar-refractivity contribution in [3.05, 3.63) is 35.9 Å². The molecule has 0 saturated carbocycles. The highest BCUT2D eigenvalue weighted by Gasteiger charge is 2.30. The minimum atomic E-state index is -1.65. The van der Waals surface area contributed by atoms with Crippen molar-refractivity contribution in [2.45, 2.75) is 51.2 Å². The summed E-state index contributed by atoms with van der Waals surface area (Å²) in [4.78, 5) is 59.6. The lowest BCUT2D eigenvalue weighted by Gasteiger charge is -2.25. The molecule has 7 N–H and O–H groups in total. The van der Waals surface area contributed by atoms with E-state index in [1.54, 1.807) is 44.2 Å². The molecule has 1 rings (SSSR count). The predicted molar refractivity (Wildman–Crippen MR) is 114 cm³/mol. The minimum absolute atomic E-state index is 0.0555. The largest absolute Gasteiger partial charge is 0.481 e. The maximum Gasteiger partial charge on any atom is 0.326 e. The van der Waals surface area contributed by atoms with Gasteiger partial charge in [-0.2, -0.15) is 0 Å². The summed E-state index contributed by atoms with van der Waals surface area (Å²) in [6.45, 7) is 3.27. The van der Waals surface area contributed by atoms with Crippen molar-refractivity contribution < 1.29 is 34.2 Å². The van der Waals surface area contributed by atoms with E-state index in [9.17, 15) is 29.1 Å². The summed E-state index contributed by atoms with van der Waals surface area (Å²) in [6.07, 6.45) is -0.502. The van der Waals surface area contributed by atoms with E-state index in [4.69, 9.17) is 10.8 Å². The highest BCUT2D eigenvalue weighted by molar-refractivity contribution is 5.94. The summed E-state index contributed by atoms with van der Waals surface area (Å²) in [5.74, 6) is -4.99. The van der Waals surface area contributed by atoms with Gasteiger partial charge in [-0.3, -0.25) is 19.2 Å². The van der Waals surface area contributed by atoms with Crippen molar-refractivity contribution in [2.24, 2.45) is 11.7 Å². The summed E-state index contributed by atoms with van der Waals surface area (Å²) in [5.41, 5.74) is 6.11. The molecule has 0 heterocycles. The van der Waals surface area contributed by atoms with Crippen LogP contribution in [-0.4, -0.2) is 64.5 Å². The number of aliphatic carboxylic acids is 2. The Morgan fingerprint density at radius 1 is 0.875 bits per heavy atom. The lowest BCUT2D eigenvalue weighted by atomic mass is 10.0. The highest BCUT2D eigenvalue weighted by Crippen LogP contribution is 2.09. The number of carbonyl (C=O) groups excluding carboxylic acids is 3. The van der Waals surface area contributed by atoms with Gasteiger partial charge in [0.25, 0.3) is 0 Å². The number of carbonyl (C=O) groups is 5. The molecular weight excluding hydrogens is 420 g/mol. The first-order chi connectivity index (χ1) is 15.0. The molecule has 0 bridgehead atoms. The zero-order chi connectivity index (χ0) is 24.3. The van der Waals surface area contributed by atoms with Gasteiger partial charge in [0.15, 0.2) is 0 Å². The second-order valence-corrected chi connectivity index (χ2v) is 7.70. The number of hydrogen-bond acceptors (Lipinski definition) is 6. The Hall–Kier alpha value is -3.47. The summed E-state index contributed by atoms with van der Waals surface area (Å²) >= 11 is 0. The molecule has 0 unspecified atom stereocenters. The van der Waals surface area contributed by atoms with E-state index >= 15 is 0 Å². The van der Waals surface area contributed by atoms with E-state index in [0.717, 1.165) is 5.56 Å². The lowest BCUT2D eigenvalue weighted by Crippen LogP contribution is -2.57. The third-order valence-electron chi connectivity index (χ3n) is 4.45. The molecule has 3 amide bonds. The van der Waals surface area contributed by atoms with Crippen LogP contribution in [0.4, 0.5) is 0 Å². The van der Waals surface area contributed by atoms with Crippen molar-refractivity contribution in [1.82, 2.24) is 16.0 Å². The second kappa shape index (κ2) is 13.1. The summed E-state index contributed by atoms with van der Waals surface area (Å²) in [5, 5.41) is 25.3. The van der Waals surface area contributed by atoms with E-state index in [2.05, 4.69) is 16.0 Å². The fraction of sp³-hybridized carbons (Fsp3) is 0.476. The van der Waals surface area contributed by atoms with E-state index in [1.165, 1.54) is 0 Å². The normalized spacial score (nSPS) is 13.5. The van der Waals surface area contributed by atoms with Crippen molar-refractivity contribution in [1.29, 1.82) is 0 Å². The summed E-state index contributed by atoms with van der Waals surface area (Å²) < 4.78 is 0. The summed E-state index contributed by atoms with van der Waals surface area (Å²) in [7, 11) is 0. The molecule has 0 aromatic heterocycles. The number of rotatable bonds is 13. The molecule has 1 aromatic carbocycles. The molecule has 11 heteroatoms. The maximum atomic E-state index is 12.9. The van der Waals surface area contributed by atoms with Crippen molar-refractivity contribution >= 4 is 29.7 Å². The van der Waals surface area contributed by atoms with Gasteiger partial charge in [-0.05, 0) is 17.9 Å². The number of amides is 3. The van der Waals surface area contributed by atoms with Gasteiger partial charge in [-0.15, -0.1) is 0 Å². The van der Waals surface area contributed by atoms with E-state index in [-0.39, 0.29) is 25.3 Å². The molecule has 0 fully saturated rings. The average molecular weight is 450 g/mol.